The van der Waals surface area contributed by atoms with E-state index >= 15 is 0 Å². The van der Waals surface area contributed by atoms with Gasteiger partial charge in [0.1, 0.15) is 0 Å². The number of fused-ring (bicyclic) bond motifs is 1. The van der Waals surface area contributed by atoms with Crippen LogP contribution >= 0.6 is 0 Å². The van der Waals surface area contributed by atoms with Gasteiger partial charge >= 0.3 is 0 Å². The van der Waals surface area contributed by atoms with E-state index in [2.05, 4.69) is 4.90 Å². The van der Waals surface area contributed by atoms with Crippen molar-refractivity contribution in [1.29, 1.82) is 0 Å². The van der Waals surface area contributed by atoms with E-state index in [0.29, 0.717) is 23.6 Å². The van der Waals surface area contributed by atoms with Gasteiger partial charge in [0, 0.05) is 19.6 Å². The Labute approximate surface area is 131 Å². The highest BCUT2D eigenvalue weighted by molar-refractivity contribution is 6.21. The molecule has 2 amide bonds. The van der Waals surface area contributed by atoms with Gasteiger partial charge in [-0.3, -0.25) is 14.5 Å². The number of nitrogens with two attached hydrogens (primary N) is 1. The molecule has 0 bridgehead atoms. The minimum absolute atomic E-state index is 0.156. The van der Waals surface area contributed by atoms with Crippen LogP contribution in [0.25, 0.3) is 0 Å². The summed E-state index contributed by atoms with van der Waals surface area (Å²) in [5, 5.41) is 0. The fourth-order valence-electron chi connectivity index (χ4n) is 3.51. The van der Waals surface area contributed by atoms with Crippen molar-refractivity contribution in [1.82, 2.24) is 9.80 Å². The van der Waals surface area contributed by atoms with Crippen molar-refractivity contribution < 1.29 is 9.59 Å². The molecule has 2 aliphatic rings. The van der Waals surface area contributed by atoms with Gasteiger partial charge in [-0.25, -0.2) is 0 Å². The Balaban J connectivity index is 1.59. The van der Waals surface area contributed by atoms with Crippen molar-refractivity contribution in [3.8, 4) is 0 Å². The summed E-state index contributed by atoms with van der Waals surface area (Å²) in [4.78, 5) is 28.4. The molecule has 0 saturated carbocycles. The van der Waals surface area contributed by atoms with Crippen molar-refractivity contribution >= 4 is 11.8 Å². The monoisotopic (exact) mass is 301 g/mol. The van der Waals surface area contributed by atoms with E-state index in [0.717, 1.165) is 32.6 Å². The summed E-state index contributed by atoms with van der Waals surface area (Å²) in [5.74, 6) is 0.341. The molecular formula is C17H23N3O2. The van der Waals surface area contributed by atoms with Crippen molar-refractivity contribution in [3.63, 3.8) is 0 Å². The fourth-order valence-corrected chi connectivity index (χ4v) is 3.51. The van der Waals surface area contributed by atoms with E-state index in [9.17, 15) is 9.59 Å². The second kappa shape index (κ2) is 6.58. The highest BCUT2D eigenvalue weighted by Gasteiger charge is 2.35. The first kappa shape index (κ1) is 15.2. The third-order valence-electron chi connectivity index (χ3n) is 4.70. The molecule has 2 aliphatic heterocycles. The predicted molar refractivity (Wildman–Crippen MR) is 84.6 cm³/mol. The van der Waals surface area contributed by atoms with E-state index in [1.165, 1.54) is 17.7 Å². The topological polar surface area (TPSA) is 66.6 Å². The third-order valence-corrected chi connectivity index (χ3v) is 4.70. The number of piperidine rings is 1. The van der Waals surface area contributed by atoms with E-state index < -0.39 is 0 Å². The average Bonchev–Trinajstić information content (AvgIpc) is 2.78. The lowest BCUT2D eigenvalue weighted by atomic mass is 9.95. The molecule has 0 aromatic heterocycles. The van der Waals surface area contributed by atoms with E-state index in [1.54, 1.807) is 24.3 Å². The fraction of sp³-hybridized carbons (Fsp3) is 0.529. The number of carbonyl (C=O) groups is 2. The highest BCUT2D eigenvalue weighted by Crippen LogP contribution is 2.23. The van der Waals surface area contributed by atoms with E-state index in [-0.39, 0.29) is 11.8 Å². The Morgan fingerprint density at radius 3 is 2.41 bits per heavy atom. The lowest BCUT2D eigenvalue weighted by Crippen LogP contribution is -2.42. The molecule has 3 rings (SSSR count). The minimum atomic E-state index is -0.156. The molecule has 0 spiro atoms. The molecule has 2 N–H and O–H groups in total. The first-order valence-corrected chi connectivity index (χ1v) is 8.08. The molecule has 0 aliphatic carbocycles. The second-order valence-electron chi connectivity index (χ2n) is 6.19. The molecule has 5 heteroatoms. The summed E-state index contributed by atoms with van der Waals surface area (Å²) in [6.07, 6.45) is 3.47. The number of likely N-dealkylation sites (tertiary alicyclic amines) is 1. The Bertz CT molecular complexity index is 536. The van der Waals surface area contributed by atoms with Crippen LogP contribution in [0, 0.1) is 5.92 Å². The number of amides is 2. The first-order chi connectivity index (χ1) is 10.7. The molecule has 1 saturated heterocycles. The van der Waals surface area contributed by atoms with Gasteiger partial charge in [-0.2, -0.15) is 0 Å². The van der Waals surface area contributed by atoms with Gasteiger partial charge in [-0.1, -0.05) is 12.1 Å². The van der Waals surface area contributed by atoms with Crippen molar-refractivity contribution in [3.05, 3.63) is 35.4 Å². The zero-order chi connectivity index (χ0) is 15.5. The molecule has 1 atom stereocenters. The molecule has 0 radical (unpaired) electrons. The Kier molecular flexibility index (Phi) is 4.55. The van der Waals surface area contributed by atoms with Crippen LogP contribution < -0.4 is 5.73 Å². The Morgan fingerprint density at radius 2 is 1.77 bits per heavy atom. The third kappa shape index (κ3) is 2.91. The normalized spacial score (nSPS) is 22.2. The Morgan fingerprint density at radius 1 is 1.09 bits per heavy atom. The van der Waals surface area contributed by atoms with Gasteiger partial charge in [0.05, 0.1) is 11.1 Å². The first-order valence-electron chi connectivity index (χ1n) is 8.08. The van der Waals surface area contributed by atoms with Gasteiger partial charge < -0.3 is 10.6 Å². The van der Waals surface area contributed by atoms with Crippen LogP contribution in [0.1, 0.15) is 40.0 Å². The van der Waals surface area contributed by atoms with Crippen LogP contribution in [0.15, 0.2) is 24.3 Å². The largest absolute Gasteiger partial charge is 0.330 e. The molecule has 22 heavy (non-hydrogen) atoms. The summed E-state index contributed by atoms with van der Waals surface area (Å²) in [7, 11) is 0. The zero-order valence-corrected chi connectivity index (χ0v) is 12.8. The number of benzene rings is 1. The SMILES string of the molecule is NCCC1CCCN(CCN2C(=O)c3ccccc3C2=O)C1. The molecule has 1 aromatic rings. The Hall–Kier alpha value is -1.72. The van der Waals surface area contributed by atoms with Gasteiger partial charge in [0.25, 0.3) is 11.8 Å². The molecule has 1 fully saturated rings. The van der Waals surface area contributed by atoms with Crippen LogP contribution in [0.5, 0.6) is 0 Å². The van der Waals surface area contributed by atoms with E-state index in [1.807, 2.05) is 0 Å². The smallest absolute Gasteiger partial charge is 0.261 e. The summed E-state index contributed by atoms with van der Waals surface area (Å²) < 4.78 is 0. The van der Waals surface area contributed by atoms with Crippen LogP contribution in [0.4, 0.5) is 0 Å². The van der Waals surface area contributed by atoms with E-state index in [4.69, 9.17) is 5.73 Å². The summed E-state index contributed by atoms with van der Waals surface area (Å²) in [6.45, 7) is 4.04. The maximum absolute atomic E-state index is 12.3. The summed E-state index contributed by atoms with van der Waals surface area (Å²) >= 11 is 0. The van der Waals surface area contributed by atoms with Gasteiger partial charge in [0.15, 0.2) is 0 Å². The van der Waals surface area contributed by atoms with Crippen LogP contribution in [-0.2, 0) is 0 Å². The highest BCUT2D eigenvalue weighted by atomic mass is 16.2. The van der Waals surface area contributed by atoms with Gasteiger partial charge in [0.2, 0.25) is 0 Å². The summed E-state index contributed by atoms with van der Waals surface area (Å²) in [6, 6.07) is 7.06. The van der Waals surface area contributed by atoms with Gasteiger partial charge in [-0.15, -0.1) is 0 Å². The molecule has 5 nitrogen and oxygen atoms in total. The molecule has 118 valence electrons. The lowest BCUT2D eigenvalue weighted by molar-refractivity contribution is 0.0622. The molecule has 1 unspecified atom stereocenters. The average molecular weight is 301 g/mol. The number of hydrogen-bond acceptors (Lipinski definition) is 4. The van der Waals surface area contributed by atoms with Crippen LogP contribution in [0.2, 0.25) is 0 Å². The van der Waals surface area contributed by atoms with Gasteiger partial charge in [-0.05, 0) is 50.4 Å². The zero-order valence-electron chi connectivity index (χ0n) is 12.8. The molecule has 2 heterocycles. The maximum Gasteiger partial charge on any atom is 0.261 e. The molecule has 1 aromatic carbocycles. The van der Waals surface area contributed by atoms with Crippen LogP contribution in [0.3, 0.4) is 0 Å². The lowest BCUT2D eigenvalue weighted by Gasteiger charge is -2.33. The number of carbonyl (C=O) groups excluding carboxylic acids is 2. The second-order valence-corrected chi connectivity index (χ2v) is 6.19. The molecular weight excluding hydrogens is 278 g/mol. The van der Waals surface area contributed by atoms with Crippen molar-refractivity contribution in [2.24, 2.45) is 11.7 Å². The standard InChI is InChI=1S/C17H23N3O2/c18-8-7-13-4-3-9-19(12-13)10-11-20-16(21)14-5-1-2-6-15(14)17(20)22/h1-2,5-6,13H,3-4,7-12,18H2. The van der Waals surface area contributed by atoms with Crippen molar-refractivity contribution in [2.45, 2.75) is 19.3 Å². The number of nitrogens with zero attached hydrogens (tertiary/aromatic N) is 2. The number of imide groups is 1. The summed E-state index contributed by atoms with van der Waals surface area (Å²) in [5.41, 5.74) is 6.72. The quantitative estimate of drug-likeness (QED) is 0.834. The van der Waals surface area contributed by atoms with Crippen molar-refractivity contribution in [2.75, 3.05) is 32.7 Å². The minimum Gasteiger partial charge on any atom is -0.330 e. The number of hydrogen-bond donors (Lipinski definition) is 1. The van der Waals surface area contributed by atoms with Crippen LogP contribution in [-0.4, -0.2) is 54.3 Å². The predicted octanol–water partition coefficient (Wildman–Crippen LogP) is 1.34. The maximum atomic E-state index is 12.3. The number of rotatable bonds is 5.